The van der Waals surface area contributed by atoms with Crippen molar-refractivity contribution in [2.75, 3.05) is 6.61 Å². The van der Waals surface area contributed by atoms with Gasteiger partial charge in [-0.25, -0.2) is 0 Å². The molecule has 0 unspecified atom stereocenters. The summed E-state index contributed by atoms with van der Waals surface area (Å²) in [4.78, 5) is 16.3. The number of hydrogen-bond donors (Lipinski definition) is 0. The molecule has 0 N–H and O–H groups in total. The van der Waals surface area contributed by atoms with E-state index in [0.29, 0.717) is 12.0 Å². The van der Waals surface area contributed by atoms with Gasteiger partial charge in [-0.2, -0.15) is 0 Å². The van der Waals surface area contributed by atoms with Crippen LogP contribution in [-0.2, 0) is 9.53 Å². The lowest BCUT2D eigenvalue weighted by Crippen LogP contribution is -2.66. The van der Waals surface area contributed by atoms with Gasteiger partial charge in [0.15, 0.2) is 0 Å². The van der Waals surface area contributed by atoms with Gasteiger partial charge in [0.2, 0.25) is 0 Å². The molecule has 0 aliphatic rings. The predicted molar refractivity (Wildman–Crippen MR) is 474 cm³/mol. The van der Waals surface area contributed by atoms with Crippen LogP contribution in [0.4, 0.5) is 0 Å². The molecule has 0 rings (SSSR count). The van der Waals surface area contributed by atoms with Crippen molar-refractivity contribution >= 4 is 5.97 Å². The lowest BCUT2D eigenvalue weighted by Gasteiger charge is -2.73. The Morgan fingerprint density at radius 3 is 0.500 bits per heavy atom. The summed E-state index contributed by atoms with van der Waals surface area (Å²) in [5.74, 6) is 0.232. The second-order valence-corrected chi connectivity index (χ2v) is 36.4. The van der Waals surface area contributed by atoms with Gasteiger partial charge in [-0.3, -0.25) is 4.79 Å². The van der Waals surface area contributed by atoms with E-state index in [0.717, 1.165) is 19.3 Å². The number of hydrogen-bond acceptors (Lipinski definition) is 2. The van der Waals surface area contributed by atoms with Crippen molar-refractivity contribution in [1.29, 1.82) is 0 Å². The molecule has 0 atom stereocenters. The number of carbonyl (C=O) groups excluding carboxylic acids is 1. The molecular weight excluding hydrogens is 1260 g/mol. The summed E-state index contributed by atoms with van der Waals surface area (Å²) in [7, 11) is 0. The Morgan fingerprint density at radius 2 is 0.317 bits per heavy atom. The normalized spacial score (nSPS) is 12.8. The Kier molecular flexibility index (Phi) is 72.3. The fraction of sp³-hybridized carbons (Fsp3) is 0.990. The van der Waals surface area contributed by atoms with E-state index in [4.69, 9.17) is 4.74 Å². The largest absolute Gasteiger partial charge is 0.466 e. The van der Waals surface area contributed by atoms with Crippen molar-refractivity contribution in [1.82, 2.24) is 0 Å². The molecule has 0 aliphatic carbocycles. The second-order valence-electron chi connectivity index (χ2n) is 36.4. The number of ether oxygens (including phenoxy) is 1. The van der Waals surface area contributed by atoms with E-state index in [-0.39, 0.29) is 27.6 Å². The molecule has 2 nitrogen and oxygen atoms in total. The zero-order chi connectivity index (χ0) is 76.6. The van der Waals surface area contributed by atoms with Crippen LogP contribution in [0.15, 0.2) is 0 Å². The zero-order valence-electron chi connectivity index (χ0n) is 75.6. The summed E-state index contributed by atoms with van der Waals surface area (Å²) in [6.07, 6.45) is 110. The van der Waals surface area contributed by atoms with Gasteiger partial charge >= 0.3 is 5.97 Å². The molecule has 0 aromatic rings. The van der Waals surface area contributed by atoms with Crippen LogP contribution >= 0.6 is 0 Å². The fourth-order valence-electron chi connectivity index (χ4n) is 22.1. The van der Waals surface area contributed by atoms with Gasteiger partial charge < -0.3 is 4.74 Å². The molecule has 0 aromatic heterocycles. The third kappa shape index (κ3) is 42.4. The van der Waals surface area contributed by atoms with E-state index in [1.54, 1.807) is 0 Å². The lowest BCUT2D eigenvalue weighted by atomic mass is 9.31. The molecule has 0 spiro atoms. The molecule has 0 saturated carbocycles. The van der Waals surface area contributed by atoms with Crippen molar-refractivity contribution in [3.63, 3.8) is 0 Å². The summed E-state index contributed by atoms with van der Waals surface area (Å²) in [6, 6.07) is 0. The molecule has 0 radical (unpaired) electrons. The van der Waals surface area contributed by atoms with Crippen molar-refractivity contribution in [2.24, 2.45) is 32.5 Å². The van der Waals surface area contributed by atoms with Gasteiger partial charge in [-0.05, 0) is 130 Å². The average Bonchev–Trinajstić information content (AvgIpc) is 0.679. The van der Waals surface area contributed by atoms with Crippen molar-refractivity contribution in [2.45, 2.75) is 611 Å². The maximum Gasteiger partial charge on any atom is 0.312 e. The highest BCUT2D eigenvalue weighted by atomic mass is 16.5. The molecule has 0 aliphatic heterocycles. The van der Waals surface area contributed by atoms with Crippen LogP contribution < -0.4 is 0 Å². The second kappa shape index (κ2) is 72.7. The third-order valence-electron chi connectivity index (χ3n) is 28.2. The predicted octanol–water partition coefficient (Wildman–Crippen LogP) is 37.9. The highest BCUT2D eigenvalue weighted by Crippen LogP contribution is 2.79. The first-order valence-corrected chi connectivity index (χ1v) is 50.1. The molecule has 0 bridgehead atoms. The Labute approximate surface area is 661 Å². The lowest BCUT2D eigenvalue weighted by molar-refractivity contribution is -0.248. The van der Waals surface area contributed by atoms with E-state index in [2.05, 4.69) is 96.9 Å². The molecule has 0 aromatic carbocycles. The summed E-state index contributed by atoms with van der Waals surface area (Å²) in [6.45, 7) is 34.9. The minimum atomic E-state index is -0.421. The average molecular weight is 1460 g/mol. The first-order valence-electron chi connectivity index (χ1n) is 50.1. The fourth-order valence-corrected chi connectivity index (χ4v) is 22.1. The van der Waals surface area contributed by atoms with Crippen LogP contribution in [0, 0.1) is 32.5 Å². The summed E-state index contributed by atoms with van der Waals surface area (Å²) in [5.41, 5.74) is 0.565. The van der Waals surface area contributed by atoms with E-state index in [1.165, 1.54) is 494 Å². The summed E-state index contributed by atoms with van der Waals surface area (Å²) < 4.78 is 6.80. The number of esters is 1. The first kappa shape index (κ1) is 103. The van der Waals surface area contributed by atoms with Crippen LogP contribution in [0.1, 0.15) is 611 Å². The molecule has 2 heteroatoms. The monoisotopic (exact) mass is 1460 g/mol. The quantitative estimate of drug-likeness (QED) is 0.0448. The van der Waals surface area contributed by atoms with Gasteiger partial charge in [0.25, 0.3) is 0 Å². The zero-order valence-corrected chi connectivity index (χ0v) is 75.6. The SMILES string of the molecule is CCCCCCCC(CCCCCCC)(CCC(CCCCCCC)(CCCCCCC)C(CCCCCCC)(CCCCCCC)C(CCCCCCC)(CCCCCCC)C(CCCCCCC)(CCCCCCC)C(CCCCCCC)(CCCCCCC)CCCCCCC)C(=O)OCC. The molecule has 0 fully saturated rings. The summed E-state index contributed by atoms with van der Waals surface area (Å²) >= 11 is 0. The molecule has 104 heavy (non-hydrogen) atoms. The minimum Gasteiger partial charge on any atom is -0.466 e. The summed E-state index contributed by atoms with van der Waals surface area (Å²) in [5, 5.41) is 0. The molecule has 0 amide bonds. The standard InChI is InChI=1S/C102H204O2/c1-15-29-42-55-68-81-97(96(103)104-28-14,82-69-56-43-30-16-2)94-95-99(86-73-60-47-34-20-6,87-74-61-48-35-21-7)101(90-77-64-51-38-24-10,91-78-65-52-39-25-11)102(92-79-66-53-40-26-12,93-80-67-54-41-27-13)100(88-75-62-49-36-22-8,89-76-63-50-37-23-9)98(83-70-57-44-31-17-3,84-71-58-45-32-18-4)85-72-59-46-33-19-5/h15-95H2,1-14H3. The highest BCUT2D eigenvalue weighted by Gasteiger charge is 2.70. The molecule has 0 heterocycles. The van der Waals surface area contributed by atoms with Gasteiger partial charge in [0.1, 0.15) is 0 Å². The highest BCUT2D eigenvalue weighted by molar-refractivity contribution is 5.76. The van der Waals surface area contributed by atoms with Gasteiger partial charge in [0.05, 0.1) is 12.0 Å². The first-order chi connectivity index (χ1) is 51.0. The van der Waals surface area contributed by atoms with E-state index < -0.39 is 5.41 Å². The Morgan fingerprint density at radius 1 is 0.163 bits per heavy atom. The maximum atomic E-state index is 16.3. The van der Waals surface area contributed by atoms with Crippen LogP contribution in [0.5, 0.6) is 0 Å². The number of carbonyl (C=O) groups is 1. The smallest absolute Gasteiger partial charge is 0.312 e. The number of unbranched alkanes of at least 4 members (excludes halogenated alkanes) is 52. The Bertz CT molecular complexity index is 1620. The van der Waals surface area contributed by atoms with Gasteiger partial charge in [-0.15, -0.1) is 0 Å². The van der Waals surface area contributed by atoms with Crippen LogP contribution in [0.25, 0.3) is 0 Å². The molecule has 624 valence electrons. The van der Waals surface area contributed by atoms with Crippen molar-refractivity contribution < 1.29 is 9.53 Å². The minimum absolute atomic E-state index is 0.126. The van der Waals surface area contributed by atoms with Gasteiger partial charge in [0, 0.05) is 0 Å². The van der Waals surface area contributed by atoms with E-state index in [9.17, 15) is 0 Å². The van der Waals surface area contributed by atoms with E-state index in [1.807, 2.05) is 0 Å². The van der Waals surface area contributed by atoms with Crippen molar-refractivity contribution in [3.05, 3.63) is 0 Å². The molecule has 0 saturated heterocycles. The topological polar surface area (TPSA) is 26.3 Å². The maximum absolute atomic E-state index is 16.3. The Balaban J connectivity index is 11.7. The van der Waals surface area contributed by atoms with Crippen LogP contribution in [0.2, 0.25) is 0 Å². The Hall–Kier alpha value is -0.530. The van der Waals surface area contributed by atoms with E-state index >= 15 is 4.79 Å². The molecular formula is C102H204O2. The van der Waals surface area contributed by atoms with Crippen LogP contribution in [-0.4, -0.2) is 12.6 Å². The van der Waals surface area contributed by atoms with Gasteiger partial charge in [-0.1, -0.05) is 507 Å². The van der Waals surface area contributed by atoms with Crippen molar-refractivity contribution in [3.8, 4) is 0 Å². The number of rotatable bonds is 87. The van der Waals surface area contributed by atoms with Crippen LogP contribution in [0.3, 0.4) is 0 Å². The third-order valence-corrected chi connectivity index (χ3v) is 28.2.